The van der Waals surface area contributed by atoms with E-state index in [9.17, 15) is 0 Å². The molecular formula is C9H20N2. The molecule has 0 saturated heterocycles. The quantitative estimate of drug-likeness (QED) is 0.563. The predicted molar refractivity (Wildman–Crippen MR) is 48.8 cm³/mol. The van der Waals surface area contributed by atoms with Gasteiger partial charge in [0.1, 0.15) is 0 Å². The van der Waals surface area contributed by atoms with Gasteiger partial charge in [-0.25, -0.2) is 0 Å². The molecule has 0 aromatic heterocycles. The fraction of sp³-hybridized carbons (Fsp3) is 1.00. The van der Waals surface area contributed by atoms with Gasteiger partial charge in [0.25, 0.3) is 0 Å². The van der Waals surface area contributed by atoms with Gasteiger partial charge in [-0.15, -0.1) is 0 Å². The third kappa shape index (κ3) is 3.73. The van der Waals surface area contributed by atoms with Gasteiger partial charge in [0.15, 0.2) is 0 Å². The Balaban J connectivity index is 1.73. The Hall–Kier alpha value is -0.0800. The standard InChI is InChI=1S/C9H20N2/c1-2-10-7-4-8-11-9-5-3-6-9/h9-11H,2-8H2,1H3. The van der Waals surface area contributed by atoms with E-state index >= 15 is 0 Å². The fourth-order valence-electron chi connectivity index (χ4n) is 1.31. The zero-order chi connectivity index (χ0) is 7.94. The minimum atomic E-state index is 0.858. The van der Waals surface area contributed by atoms with Crippen molar-refractivity contribution >= 4 is 0 Å². The minimum absolute atomic E-state index is 0.858. The van der Waals surface area contributed by atoms with Crippen molar-refractivity contribution in [1.82, 2.24) is 10.6 Å². The van der Waals surface area contributed by atoms with E-state index < -0.39 is 0 Å². The van der Waals surface area contributed by atoms with Crippen LogP contribution in [0.1, 0.15) is 32.6 Å². The summed E-state index contributed by atoms with van der Waals surface area (Å²) in [6, 6.07) is 0.858. The Morgan fingerprint density at radius 1 is 1.27 bits per heavy atom. The van der Waals surface area contributed by atoms with Crippen LogP contribution in [0.2, 0.25) is 0 Å². The molecule has 0 spiro atoms. The average molecular weight is 156 g/mol. The highest BCUT2D eigenvalue weighted by Gasteiger charge is 2.15. The largest absolute Gasteiger partial charge is 0.317 e. The van der Waals surface area contributed by atoms with Crippen LogP contribution >= 0.6 is 0 Å². The van der Waals surface area contributed by atoms with Crippen LogP contribution in [0.25, 0.3) is 0 Å². The van der Waals surface area contributed by atoms with E-state index in [0.717, 1.165) is 19.1 Å². The van der Waals surface area contributed by atoms with Crippen molar-refractivity contribution in [2.45, 2.75) is 38.6 Å². The summed E-state index contributed by atoms with van der Waals surface area (Å²) in [5.41, 5.74) is 0. The Bertz CT molecular complexity index is 89.6. The lowest BCUT2D eigenvalue weighted by atomic mass is 9.93. The molecule has 0 amide bonds. The summed E-state index contributed by atoms with van der Waals surface area (Å²) in [7, 11) is 0. The number of nitrogens with one attached hydrogen (secondary N) is 2. The SMILES string of the molecule is CCNCCCNC1CCC1. The van der Waals surface area contributed by atoms with E-state index in [4.69, 9.17) is 0 Å². The highest BCUT2D eigenvalue weighted by Crippen LogP contribution is 2.17. The van der Waals surface area contributed by atoms with Gasteiger partial charge in [-0.2, -0.15) is 0 Å². The number of hydrogen-bond donors (Lipinski definition) is 2. The molecule has 2 nitrogen and oxygen atoms in total. The van der Waals surface area contributed by atoms with Gasteiger partial charge in [0.05, 0.1) is 0 Å². The predicted octanol–water partition coefficient (Wildman–Crippen LogP) is 1.13. The molecule has 2 N–H and O–H groups in total. The third-order valence-electron chi connectivity index (χ3n) is 2.32. The Kier molecular flexibility index (Phi) is 4.55. The summed E-state index contributed by atoms with van der Waals surface area (Å²) >= 11 is 0. The van der Waals surface area contributed by atoms with Crippen molar-refractivity contribution < 1.29 is 0 Å². The average Bonchev–Trinajstić information content (AvgIpc) is 1.93. The number of rotatable bonds is 6. The van der Waals surface area contributed by atoms with Crippen molar-refractivity contribution in [1.29, 1.82) is 0 Å². The molecule has 1 fully saturated rings. The lowest BCUT2D eigenvalue weighted by Gasteiger charge is -2.26. The maximum atomic E-state index is 3.54. The summed E-state index contributed by atoms with van der Waals surface area (Å²) in [5, 5.41) is 6.86. The van der Waals surface area contributed by atoms with Gasteiger partial charge in [-0.05, 0) is 38.9 Å². The molecule has 0 aromatic carbocycles. The van der Waals surface area contributed by atoms with Gasteiger partial charge in [0.2, 0.25) is 0 Å². The van der Waals surface area contributed by atoms with E-state index in [0.29, 0.717) is 0 Å². The van der Waals surface area contributed by atoms with Crippen molar-refractivity contribution in [3.8, 4) is 0 Å². The summed E-state index contributed by atoms with van der Waals surface area (Å²) in [6.07, 6.45) is 5.51. The van der Waals surface area contributed by atoms with E-state index in [2.05, 4.69) is 17.6 Å². The molecule has 0 bridgehead atoms. The first kappa shape index (κ1) is 9.01. The molecule has 2 heteroatoms. The first-order valence-corrected chi connectivity index (χ1v) is 4.87. The lowest BCUT2D eigenvalue weighted by molar-refractivity contribution is 0.338. The van der Waals surface area contributed by atoms with E-state index in [1.165, 1.54) is 32.2 Å². The van der Waals surface area contributed by atoms with Crippen molar-refractivity contribution in [3.63, 3.8) is 0 Å². The zero-order valence-electron chi connectivity index (χ0n) is 7.53. The zero-order valence-corrected chi connectivity index (χ0v) is 7.53. The molecule has 0 atom stereocenters. The van der Waals surface area contributed by atoms with Crippen molar-refractivity contribution in [2.24, 2.45) is 0 Å². The van der Waals surface area contributed by atoms with Gasteiger partial charge >= 0.3 is 0 Å². The molecule has 1 aliphatic rings. The third-order valence-corrected chi connectivity index (χ3v) is 2.32. The molecule has 1 aliphatic carbocycles. The van der Waals surface area contributed by atoms with Gasteiger partial charge in [-0.3, -0.25) is 0 Å². The van der Waals surface area contributed by atoms with Crippen molar-refractivity contribution in [3.05, 3.63) is 0 Å². The van der Waals surface area contributed by atoms with Crippen LogP contribution in [0.3, 0.4) is 0 Å². The Morgan fingerprint density at radius 3 is 2.64 bits per heavy atom. The molecule has 1 saturated carbocycles. The summed E-state index contributed by atoms with van der Waals surface area (Å²) in [6.45, 7) is 5.61. The van der Waals surface area contributed by atoms with Crippen LogP contribution < -0.4 is 10.6 Å². The van der Waals surface area contributed by atoms with Crippen LogP contribution in [0, 0.1) is 0 Å². The van der Waals surface area contributed by atoms with E-state index in [1.54, 1.807) is 0 Å². The maximum absolute atomic E-state index is 3.54. The van der Waals surface area contributed by atoms with Crippen LogP contribution in [-0.2, 0) is 0 Å². The van der Waals surface area contributed by atoms with Gasteiger partial charge in [0, 0.05) is 6.04 Å². The Labute approximate surface area is 69.8 Å². The van der Waals surface area contributed by atoms with Gasteiger partial charge in [-0.1, -0.05) is 13.3 Å². The van der Waals surface area contributed by atoms with E-state index in [-0.39, 0.29) is 0 Å². The molecule has 0 aliphatic heterocycles. The highest BCUT2D eigenvalue weighted by atomic mass is 14.9. The van der Waals surface area contributed by atoms with Crippen LogP contribution in [-0.4, -0.2) is 25.7 Å². The Morgan fingerprint density at radius 2 is 2.09 bits per heavy atom. The lowest BCUT2D eigenvalue weighted by Crippen LogP contribution is -2.36. The minimum Gasteiger partial charge on any atom is -0.317 e. The molecule has 0 heterocycles. The molecule has 1 rings (SSSR count). The second kappa shape index (κ2) is 5.56. The van der Waals surface area contributed by atoms with Crippen molar-refractivity contribution in [2.75, 3.05) is 19.6 Å². The van der Waals surface area contributed by atoms with Gasteiger partial charge < -0.3 is 10.6 Å². The second-order valence-corrected chi connectivity index (χ2v) is 3.29. The molecular weight excluding hydrogens is 136 g/mol. The highest BCUT2D eigenvalue weighted by molar-refractivity contribution is 4.75. The molecule has 0 radical (unpaired) electrons. The van der Waals surface area contributed by atoms with Crippen LogP contribution in [0.15, 0.2) is 0 Å². The van der Waals surface area contributed by atoms with Crippen LogP contribution in [0.5, 0.6) is 0 Å². The van der Waals surface area contributed by atoms with Crippen LogP contribution in [0.4, 0.5) is 0 Å². The summed E-state index contributed by atoms with van der Waals surface area (Å²) < 4.78 is 0. The maximum Gasteiger partial charge on any atom is 0.00670 e. The molecule has 0 unspecified atom stereocenters. The fourth-order valence-corrected chi connectivity index (χ4v) is 1.31. The first-order valence-electron chi connectivity index (χ1n) is 4.87. The summed E-state index contributed by atoms with van der Waals surface area (Å²) in [5.74, 6) is 0. The molecule has 0 aromatic rings. The molecule has 66 valence electrons. The summed E-state index contributed by atoms with van der Waals surface area (Å²) in [4.78, 5) is 0. The smallest absolute Gasteiger partial charge is 0.00670 e. The monoisotopic (exact) mass is 156 g/mol. The van der Waals surface area contributed by atoms with E-state index in [1.807, 2.05) is 0 Å². The number of hydrogen-bond acceptors (Lipinski definition) is 2. The second-order valence-electron chi connectivity index (χ2n) is 3.29. The normalized spacial score (nSPS) is 18.3. The first-order chi connectivity index (χ1) is 5.43. The topological polar surface area (TPSA) is 24.1 Å². The molecule has 11 heavy (non-hydrogen) atoms.